The summed E-state index contributed by atoms with van der Waals surface area (Å²) in [5, 5.41) is 0. The van der Waals surface area contributed by atoms with Crippen LogP contribution in [0.2, 0.25) is 0 Å². The van der Waals surface area contributed by atoms with Gasteiger partial charge in [-0.1, -0.05) is 6.07 Å². The molecule has 0 atom stereocenters. The van der Waals surface area contributed by atoms with E-state index in [-0.39, 0.29) is 11.7 Å². The molecular weight excluding hydrogens is 416 g/mol. The Hall–Kier alpha value is -2.79. The number of nitrogens with zero attached hydrogens (tertiary/aromatic N) is 5. The number of hydrogen-bond acceptors (Lipinski definition) is 6. The topological polar surface area (TPSA) is 80.6 Å². The van der Waals surface area contributed by atoms with Crippen LogP contribution in [0.1, 0.15) is 11.5 Å². The van der Waals surface area contributed by atoms with Crippen molar-refractivity contribution in [1.29, 1.82) is 0 Å². The largest absolute Gasteiger partial charge is 0.433 e. The molecule has 0 spiro atoms. The van der Waals surface area contributed by atoms with Crippen molar-refractivity contribution in [3.05, 3.63) is 42.4 Å². The quantitative estimate of drug-likeness (QED) is 0.590. The number of fused-ring (bicyclic) bond motifs is 1. The van der Waals surface area contributed by atoms with E-state index in [1.807, 2.05) is 17.7 Å². The molecule has 3 heterocycles. The van der Waals surface area contributed by atoms with Gasteiger partial charge in [-0.3, -0.25) is 0 Å². The van der Waals surface area contributed by atoms with Gasteiger partial charge < -0.3 is 14.2 Å². The molecule has 2 aromatic heterocycles. The normalized spacial score (nSPS) is 15.5. The molecule has 0 bridgehead atoms. The van der Waals surface area contributed by atoms with E-state index in [0.29, 0.717) is 24.6 Å². The average Bonchev–Trinajstić information content (AvgIpc) is 2.99. The van der Waals surface area contributed by atoms with Crippen LogP contribution < -0.4 is 9.64 Å². The first-order valence-corrected chi connectivity index (χ1v) is 11.0. The fourth-order valence-electron chi connectivity index (χ4n) is 3.50. The van der Waals surface area contributed by atoms with E-state index in [0.717, 1.165) is 22.9 Å². The maximum atomic E-state index is 13.1. The molecule has 160 valence electrons. The second-order valence-corrected chi connectivity index (χ2v) is 9.31. The predicted molar refractivity (Wildman–Crippen MR) is 109 cm³/mol. The van der Waals surface area contributed by atoms with Crippen LogP contribution in [0.15, 0.2) is 36.8 Å². The summed E-state index contributed by atoms with van der Waals surface area (Å²) in [6.07, 6.45) is 4.45. The van der Waals surface area contributed by atoms with E-state index in [9.17, 15) is 17.2 Å². The molecule has 0 saturated carbocycles. The molecule has 0 unspecified atom stereocenters. The standard InChI is InChI=1S/C19H21F2N5O3S/c1-24-11-23-14-8-22-18(7-16(14)24)25(2)15-5-4-12(6-17(15)29-19(20)21)13-9-26(10-13)30(3,27)28/h4-8,11,13,19H,9-10H2,1-3H3. The molecule has 4 rings (SSSR count). The van der Waals surface area contributed by atoms with Gasteiger partial charge in [0.15, 0.2) is 0 Å². The Bertz CT molecular complexity index is 1190. The monoisotopic (exact) mass is 437 g/mol. The van der Waals surface area contributed by atoms with Crippen LogP contribution in [0.5, 0.6) is 5.75 Å². The number of aryl methyl sites for hydroxylation is 1. The number of aromatic nitrogens is 3. The summed E-state index contributed by atoms with van der Waals surface area (Å²) >= 11 is 0. The highest BCUT2D eigenvalue weighted by molar-refractivity contribution is 7.88. The second kappa shape index (κ2) is 7.47. The third kappa shape index (κ3) is 3.82. The fourth-order valence-corrected chi connectivity index (χ4v) is 4.40. The van der Waals surface area contributed by atoms with E-state index in [1.165, 1.54) is 4.31 Å². The molecule has 3 aromatic rings. The number of anilines is 2. The van der Waals surface area contributed by atoms with Gasteiger partial charge in [-0.05, 0) is 17.7 Å². The first-order chi connectivity index (χ1) is 14.1. The summed E-state index contributed by atoms with van der Waals surface area (Å²) in [5.41, 5.74) is 2.76. The summed E-state index contributed by atoms with van der Waals surface area (Å²) in [7, 11) is 0.322. The minimum Gasteiger partial charge on any atom is -0.433 e. The SMILES string of the molecule is CN(c1cc2c(cn1)ncn2C)c1ccc(C2CN(S(C)(=O)=O)C2)cc1OC(F)F. The number of pyridine rings is 1. The molecule has 8 nitrogen and oxygen atoms in total. The fraction of sp³-hybridized carbons (Fsp3) is 0.368. The van der Waals surface area contributed by atoms with Crippen molar-refractivity contribution in [3.63, 3.8) is 0 Å². The lowest BCUT2D eigenvalue weighted by atomic mass is 9.93. The Balaban J connectivity index is 1.65. The Kier molecular flexibility index (Phi) is 5.10. The van der Waals surface area contributed by atoms with E-state index in [4.69, 9.17) is 4.74 Å². The molecule has 0 amide bonds. The van der Waals surface area contributed by atoms with Crippen molar-refractivity contribution in [2.45, 2.75) is 12.5 Å². The van der Waals surface area contributed by atoms with Crippen molar-refractivity contribution >= 4 is 32.6 Å². The lowest BCUT2D eigenvalue weighted by Gasteiger charge is -2.37. The third-order valence-electron chi connectivity index (χ3n) is 5.29. The van der Waals surface area contributed by atoms with Crippen LogP contribution in [-0.4, -0.2) is 60.3 Å². The summed E-state index contributed by atoms with van der Waals surface area (Å²) in [4.78, 5) is 10.3. The molecule has 0 N–H and O–H groups in total. The van der Waals surface area contributed by atoms with Gasteiger partial charge in [0.05, 0.1) is 30.0 Å². The molecule has 1 saturated heterocycles. The molecule has 1 aromatic carbocycles. The maximum Gasteiger partial charge on any atom is 0.387 e. The van der Waals surface area contributed by atoms with Gasteiger partial charge in [-0.2, -0.15) is 8.78 Å². The molecule has 1 fully saturated rings. The highest BCUT2D eigenvalue weighted by atomic mass is 32.2. The number of hydrogen-bond donors (Lipinski definition) is 0. The molecule has 1 aliphatic rings. The number of sulfonamides is 1. The molecule has 0 radical (unpaired) electrons. The van der Waals surface area contributed by atoms with E-state index >= 15 is 0 Å². The van der Waals surface area contributed by atoms with Gasteiger partial charge in [0.1, 0.15) is 17.1 Å². The summed E-state index contributed by atoms with van der Waals surface area (Å²) < 4.78 is 57.3. The van der Waals surface area contributed by atoms with Crippen LogP contribution in [0.4, 0.5) is 20.3 Å². The Labute approximate surface area is 172 Å². The molecule has 30 heavy (non-hydrogen) atoms. The Morgan fingerprint density at radius 2 is 1.97 bits per heavy atom. The predicted octanol–water partition coefficient (Wildman–Crippen LogP) is 2.70. The van der Waals surface area contributed by atoms with Crippen LogP contribution in [0, 0.1) is 0 Å². The van der Waals surface area contributed by atoms with Crippen molar-refractivity contribution < 1.29 is 21.9 Å². The zero-order valence-electron chi connectivity index (χ0n) is 16.7. The van der Waals surface area contributed by atoms with E-state index in [2.05, 4.69) is 9.97 Å². The zero-order valence-corrected chi connectivity index (χ0v) is 17.5. The van der Waals surface area contributed by atoms with Crippen LogP contribution in [-0.2, 0) is 17.1 Å². The second-order valence-electron chi connectivity index (χ2n) is 7.33. The third-order valence-corrected chi connectivity index (χ3v) is 6.53. The van der Waals surface area contributed by atoms with Gasteiger partial charge >= 0.3 is 6.61 Å². The van der Waals surface area contributed by atoms with Gasteiger partial charge in [-0.15, -0.1) is 0 Å². The number of rotatable bonds is 6. The molecular formula is C19H21F2N5O3S. The zero-order chi connectivity index (χ0) is 21.6. The average molecular weight is 437 g/mol. The van der Waals surface area contributed by atoms with Crippen LogP contribution in [0.3, 0.4) is 0 Å². The van der Waals surface area contributed by atoms with Crippen LogP contribution in [0.25, 0.3) is 11.0 Å². The number of alkyl halides is 2. The maximum absolute atomic E-state index is 13.1. The van der Waals surface area contributed by atoms with Gasteiger partial charge in [0, 0.05) is 39.2 Å². The Morgan fingerprint density at radius 3 is 2.63 bits per heavy atom. The summed E-state index contributed by atoms with van der Waals surface area (Å²) in [6.45, 7) is -2.35. The van der Waals surface area contributed by atoms with E-state index < -0.39 is 16.6 Å². The number of imidazole rings is 1. The summed E-state index contributed by atoms with van der Waals surface area (Å²) in [6, 6.07) is 6.85. The first-order valence-electron chi connectivity index (χ1n) is 9.18. The molecule has 11 heteroatoms. The molecule has 1 aliphatic heterocycles. The van der Waals surface area contributed by atoms with Crippen molar-refractivity contribution in [3.8, 4) is 5.75 Å². The lowest BCUT2D eigenvalue weighted by Crippen LogP contribution is -2.47. The van der Waals surface area contributed by atoms with Crippen molar-refractivity contribution in [2.75, 3.05) is 31.3 Å². The van der Waals surface area contributed by atoms with Crippen molar-refractivity contribution in [2.24, 2.45) is 7.05 Å². The smallest absolute Gasteiger partial charge is 0.387 e. The summed E-state index contributed by atoms with van der Waals surface area (Å²) in [5.74, 6) is 0.489. The van der Waals surface area contributed by atoms with Gasteiger partial charge in [0.25, 0.3) is 0 Å². The van der Waals surface area contributed by atoms with Gasteiger partial charge in [-0.25, -0.2) is 22.7 Å². The number of halogens is 2. The molecule has 0 aliphatic carbocycles. The minimum absolute atomic E-state index is 0.00899. The van der Waals surface area contributed by atoms with Crippen molar-refractivity contribution in [1.82, 2.24) is 18.8 Å². The highest BCUT2D eigenvalue weighted by Crippen LogP contribution is 2.38. The lowest BCUT2D eigenvalue weighted by molar-refractivity contribution is -0.0495. The Morgan fingerprint density at radius 1 is 1.23 bits per heavy atom. The van der Waals surface area contributed by atoms with E-state index in [1.54, 1.807) is 42.7 Å². The minimum atomic E-state index is -3.25. The highest BCUT2D eigenvalue weighted by Gasteiger charge is 2.34. The van der Waals surface area contributed by atoms with Crippen LogP contribution >= 0.6 is 0 Å². The number of ether oxygens (including phenoxy) is 1. The number of benzene rings is 1. The van der Waals surface area contributed by atoms with Gasteiger partial charge in [0.2, 0.25) is 10.0 Å². The first kappa shape index (κ1) is 20.5.